The average molecular weight is 365 g/mol. The molecule has 3 aromatic rings. The van der Waals surface area contributed by atoms with Crippen molar-refractivity contribution >= 4 is 39.5 Å². The Morgan fingerprint density at radius 1 is 1.00 bits per heavy atom. The maximum Gasteiger partial charge on any atom is 0.224 e. The van der Waals surface area contributed by atoms with E-state index in [1.54, 1.807) is 19.1 Å². The van der Waals surface area contributed by atoms with Crippen molar-refractivity contribution in [3.8, 4) is 11.3 Å². The summed E-state index contributed by atoms with van der Waals surface area (Å²) in [4.78, 5) is 27.3. The molecule has 0 saturated carbocycles. The van der Waals surface area contributed by atoms with E-state index >= 15 is 0 Å². The van der Waals surface area contributed by atoms with Crippen LogP contribution in [0.4, 0.5) is 16.5 Å². The van der Waals surface area contributed by atoms with Gasteiger partial charge in [-0.15, -0.1) is 11.3 Å². The zero-order chi connectivity index (χ0) is 18.5. The Hall–Kier alpha value is -2.99. The van der Waals surface area contributed by atoms with Crippen LogP contribution in [0.1, 0.15) is 30.6 Å². The Bertz CT molecular complexity index is 915. The molecule has 132 valence electrons. The van der Waals surface area contributed by atoms with Crippen molar-refractivity contribution < 1.29 is 9.59 Å². The third kappa shape index (κ3) is 4.34. The van der Waals surface area contributed by atoms with Crippen molar-refractivity contribution in [2.24, 2.45) is 0 Å². The molecule has 0 radical (unpaired) electrons. The monoisotopic (exact) mass is 365 g/mol. The summed E-state index contributed by atoms with van der Waals surface area (Å²) in [5, 5.41) is 8.83. The Morgan fingerprint density at radius 2 is 1.65 bits per heavy atom. The number of benzene rings is 2. The molecule has 26 heavy (non-hydrogen) atoms. The molecule has 0 spiro atoms. The molecule has 2 aromatic carbocycles. The van der Waals surface area contributed by atoms with Crippen LogP contribution in [0.3, 0.4) is 0 Å². The summed E-state index contributed by atoms with van der Waals surface area (Å²) < 4.78 is 0. The number of rotatable bonds is 6. The molecule has 2 N–H and O–H groups in total. The molecule has 1 heterocycles. The summed E-state index contributed by atoms with van der Waals surface area (Å²) in [6, 6.07) is 14.9. The Morgan fingerprint density at radius 3 is 2.27 bits per heavy atom. The van der Waals surface area contributed by atoms with Crippen LogP contribution in [0.15, 0.2) is 53.9 Å². The number of Topliss-reactive ketones (excluding diaryl/α,β-unsaturated/α-hetero) is 1. The lowest BCUT2D eigenvalue weighted by Gasteiger charge is -2.04. The number of thiazole rings is 1. The zero-order valence-corrected chi connectivity index (χ0v) is 15.4. The number of carbonyl (C=O) groups excluding carboxylic acids is 2. The van der Waals surface area contributed by atoms with Crippen LogP contribution in [0, 0.1) is 0 Å². The lowest BCUT2D eigenvalue weighted by Crippen LogP contribution is -2.08. The molecule has 0 aliphatic carbocycles. The van der Waals surface area contributed by atoms with Crippen molar-refractivity contribution in [2.45, 2.75) is 20.3 Å². The van der Waals surface area contributed by atoms with Crippen molar-refractivity contribution in [3.63, 3.8) is 0 Å². The summed E-state index contributed by atoms with van der Waals surface area (Å²) in [6.45, 7) is 3.37. The van der Waals surface area contributed by atoms with E-state index in [1.807, 2.05) is 48.7 Å². The van der Waals surface area contributed by atoms with Gasteiger partial charge < -0.3 is 10.6 Å². The fraction of sp³-hybridized carbons (Fsp3) is 0.150. The minimum Gasteiger partial charge on any atom is -0.332 e. The molecule has 0 fully saturated rings. The van der Waals surface area contributed by atoms with E-state index in [-0.39, 0.29) is 11.7 Å². The first kappa shape index (κ1) is 17.8. The number of ketones is 1. The maximum absolute atomic E-state index is 11.4. The summed E-state index contributed by atoms with van der Waals surface area (Å²) >= 11 is 1.51. The zero-order valence-electron chi connectivity index (χ0n) is 14.6. The topological polar surface area (TPSA) is 71.1 Å². The highest BCUT2D eigenvalue weighted by molar-refractivity contribution is 7.14. The van der Waals surface area contributed by atoms with E-state index in [0.717, 1.165) is 27.8 Å². The van der Waals surface area contributed by atoms with E-state index in [4.69, 9.17) is 0 Å². The van der Waals surface area contributed by atoms with Crippen molar-refractivity contribution in [1.29, 1.82) is 0 Å². The van der Waals surface area contributed by atoms with Gasteiger partial charge in [0.1, 0.15) is 0 Å². The number of nitrogens with zero attached hydrogens (tertiary/aromatic N) is 1. The van der Waals surface area contributed by atoms with Gasteiger partial charge in [0.2, 0.25) is 5.91 Å². The average Bonchev–Trinajstić information content (AvgIpc) is 3.11. The second kappa shape index (κ2) is 7.93. The number of hydrogen-bond donors (Lipinski definition) is 2. The number of nitrogens with one attached hydrogen (secondary N) is 2. The van der Waals surface area contributed by atoms with Gasteiger partial charge in [0.05, 0.1) is 5.69 Å². The van der Waals surface area contributed by atoms with Gasteiger partial charge in [0.25, 0.3) is 0 Å². The molecule has 1 aromatic heterocycles. The largest absolute Gasteiger partial charge is 0.332 e. The summed E-state index contributed by atoms with van der Waals surface area (Å²) in [5.74, 6) is 0.0420. The highest BCUT2D eigenvalue weighted by Gasteiger charge is 2.06. The van der Waals surface area contributed by atoms with Gasteiger partial charge in [-0.25, -0.2) is 4.98 Å². The summed E-state index contributed by atoms with van der Waals surface area (Å²) in [5.41, 5.74) is 4.20. The lowest BCUT2D eigenvalue weighted by atomic mass is 10.1. The standard InChI is InChI=1S/C20H19N3O2S/c1-3-19(25)21-16-10-6-15(7-11-16)18-12-26-20(23-18)22-17-8-4-14(5-9-17)13(2)24/h4-12H,3H2,1-2H3,(H,21,25)(H,22,23). The quantitative estimate of drug-likeness (QED) is 0.596. The molecule has 0 atom stereocenters. The van der Waals surface area contributed by atoms with Gasteiger partial charge in [-0.2, -0.15) is 0 Å². The Kier molecular flexibility index (Phi) is 5.43. The van der Waals surface area contributed by atoms with Crippen LogP contribution in [-0.4, -0.2) is 16.7 Å². The Labute approximate surface area is 156 Å². The molecule has 0 aliphatic rings. The van der Waals surface area contributed by atoms with Crippen molar-refractivity contribution in [1.82, 2.24) is 4.98 Å². The second-order valence-electron chi connectivity index (χ2n) is 5.78. The highest BCUT2D eigenvalue weighted by atomic mass is 32.1. The van der Waals surface area contributed by atoms with E-state index in [9.17, 15) is 9.59 Å². The molecular formula is C20H19N3O2S. The van der Waals surface area contributed by atoms with Gasteiger partial charge >= 0.3 is 0 Å². The molecule has 0 saturated heterocycles. The molecule has 0 bridgehead atoms. The van der Waals surface area contributed by atoms with Crippen LogP contribution in [0.2, 0.25) is 0 Å². The molecular weight excluding hydrogens is 346 g/mol. The predicted molar refractivity (Wildman–Crippen MR) is 106 cm³/mol. The molecule has 0 aliphatic heterocycles. The predicted octanol–water partition coefficient (Wildman–Crippen LogP) is 5.10. The third-order valence-electron chi connectivity index (χ3n) is 3.83. The van der Waals surface area contributed by atoms with Crippen LogP contribution in [-0.2, 0) is 4.79 Å². The first-order valence-corrected chi connectivity index (χ1v) is 9.17. The molecule has 0 unspecified atom stereocenters. The highest BCUT2D eigenvalue weighted by Crippen LogP contribution is 2.28. The first-order valence-electron chi connectivity index (χ1n) is 8.29. The molecule has 6 heteroatoms. The smallest absolute Gasteiger partial charge is 0.224 e. The normalized spacial score (nSPS) is 10.4. The SMILES string of the molecule is CCC(=O)Nc1ccc(-c2csc(Nc3ccc(C(C)=O)cc3)n2)cc1. The number of carbonyl (C=O) groups is 2. The minimum absolute atomic E-state index is 0.00585. The van der Waals surface area contributed by atoms with Crippen LogP contribution >= 0.6 is 11.3 Å². The van der Waals surface area contributed by atoms with E-state index in [1.165, 1.54) is 11.3 Å². The first-order chi connectivity index (χ1) is 12.5. The van der Waals surface area contributed by atoms with Gasteiger partial charge in [0.15, 0.2) is 10.9 Å². The molecule has 3 rings (SSSR count). The van der Waals surface area contributed by atoms with Crippen molar-refractivity contribution in [3.05, 3.63) is 59.5 Å². The Balaban J connectivity index is 1.69. The fourth-order valence-electron chi connectivity index (χ4n) is 2.35. The number of amides is 1. The summed E-state index contributed by atoms with van der Waals surface area (Å²) in [6.07, 6.45) is 0.455. The maximum atomic E-state index is 11.4. The van der Waals surface area contributed by atoms with Crippen LogP contribution in [0.25, 0.3) is 11.3 Å². The summed E-state index contributed by atoms with van der Waals surface area (Å²) in [7, 11) is 0. The number of hydrogen-bond acceptors (Lipinski definition) is 5. The fourth-order valence-corrected chi connectivity index (χ4v) is 3.09. The lowest BCUT2D eigenvalue weighted by molar-refractivity contribution is -0.115. The molecule has 1 amide bonds. The number of aromatic nitrogens is 1. The van der Waals surface area contributed by atoms with Gasteiger partial charge in [-0.05, 0) is 43.3 Å². The second-order valence-corrected chi connectivity index (χ2v) is 6.63. The van der Waals surface area contributed by atoms with E-state index in [2.05, 4.69) is 15.6 Å². The number of anilines is 3. The van der Waals surface area contributed by atoms with Gasteiger partial charge in [-0.3, -0.25) is 9.59 Å². The third-order valence-corrected chi connectivity index (χ3v) is 4.59. The van der Waals surface area contributed by atoms with Gasteiger partial charge in [-0.1, -0.05) is 19.1 Å². The van der Waals surface area contributed by atoms with E-state index in [0.29, 0.717) is 12.0 Å². The van der Waals surface area contributed by atoms with Crippen LogP contribution in [0.5, 0.6) is 0 Å². The van der Waals surface area contributed by atoms with Crippen molar-refractivity contribution in [2.75, 3.05) is 10.6 Å². The van der Waals surface area contributed by atoms with Crippen LogP contribution < -0.4 is 10.6 Å². The minimum atomic E-state index is -0.00585. The van der Waals surface area contributed by atoms with Gasteiger partial charge in [0, 0.05) is 34.3 Å². The van der Waals surface area contributed by atoms with E-state index < -0.39 is 0 Å². The molecule has 5 nitrogen and oxygen atoms in total.